The summed E-state index contributed by atoms with van der Waals surface area (Å²) >= 11 is 1.30. The quantitative estimate of drug-likeness (QED) is 0.765. The van der Waals surface area contributed by atoms with E-state index in [0.717, 1.165) is 26.9 Å². The molecule has 0 aliphatic heterocycles. The van der Waals surface area contributed by atoms with Crippen molar-refractivity contribution in [3.05, 3.63) is 53.0 Å². The predicted octanol–water partition coefficient (Wildman–Crippen LogP) is 3.97. The van der Waals surface area contributed by atoms with Crippen LogP contribution in [0.15, 0.2) is 42.6 Å². The Balaban J connectivity index is 2.27. The highest BCUT2D eigenvalue weighted by atomic mass is 32.1. The third-order valence-corrected chi connectivity index (χ3v) is 4.26. The summed E-state index contributed by atoms with van der Waals surface area (Å²) in [6.45, 7) is 1.93. The number of aryl methyl sites for hydroxylation is 1. The maximum absolute atomic E-state index is 11.1. The Labute approximate surface area is 114 Å². The molecule has 0 aliphatic rings. The standard InChI is InChI=1S/C15H11NO2S/c1-9-8-12(15(17)18)19-14(9)11-6-2-4-10-5-3-7-16-13(10)11/h2-8H,1H3,(H,17,18). The van der Waals surface area contributed by atoms with Crippen molar-refractivity contribution in [1.29, 1.82) is 0 Å². The highest BCUT2D eigenvalue weighted by Gasteiger charge is 2.14. The van der Waals surface area contributed by atoms with Crippen LogP contribution in [-0.4, -0.2) is 16.1 Å². The lowest BCUT2D eigenvalue weighted by Gasteiger charge is -2.04. The van der Waals surface area contributed by atoms with E-state index in [0.29, 0.717) is 4.88 Å². The second-order valence-electron chi connectivity index (χ2n) is 4.31. The van der Waals surface area contributed by atoms with Crippen molar-refractivity contribution in [2.24, 2.45) is 0 Å². The molecule has 19 heavy (non-hydrogen) atoms. The van der Waals surface area contributed by atoms with E-state index in [2.05, 4.69) is 4.98 Å². The van der Waals surface area contributed by atoms with Gasteiger partial charge in [0, 0.05) is 22.0 Å². The van der Waals surface area contributed by atoms with Gasteiger partial charge in [-0.3, -0.25) is 4.98 Å². The molecule has 0 atom stereocenters. The van der Waals surface area contributed by atoms with Crippen molar-refractivity contribution in [3.8, 4) is 10.4 Å². The topological polar surface area (TPSA) is 50.2 Å². The largest absolute Gasteiger partial charge is 0.477 e. The Morgan fingerprint density at radius 1 is 1.26 bits per heavy atom. The average molecular weight is 269 g/mol. The Kier molecular flexibility index (Phi) is 2.80. The molecule has 3 rings (SSSR count). The van der Waals surface area contributed by atoms with Crippen molar-refractivity contribution in [3.63, 3.8) is 0 Å². The van der Waals surface area contributed by atoms with Gasteiger partial charge in [0.15, 0.2) is 0 Å². The van der Waals surface area contributed by atoms with Crippen LogP contribution in [0, 0.1) is 6.92 Å². The zero-order chi connectivity index (χ0) is 13.4. The molecule has 0 bridgehead atoms. The van der Waals surface area contributed by atoms with Gasteiger partial charge in [0.25, 0.3) is 0 Å². The number of benzene rings is 1. The molecule has 0 aliphatic carbocycles. The molecule has 0 radical (unpaired) electrons. The molecular formula is C15H11NO2S. The average Bonchev–Trinajstić information content (AvgIpc) is 2.80. The smallest absolute Gasteiger partial charge is 0.345 e. The first kappa shape index (κ1) is 11.9. The van der Waals surface area contributed by atoms with Crippen LogP contribution in [0.1, 0.15) is 15.2 Å². The van der Waals surface area contributed by atoms with Crippen molar-refractivity contribution >= 4 is 28.2 Å². The minimum Gasteiger partial charge on any atom is -0.477 e. The van der Waals surface area contributed by atoms with Crippen LogP contribution >= 0.6 is 11.3 Å². The minimum absolute atomic E-state index is 0.362. The number of aromatic carboxylic acids is 1. The number of hydrogen-bond donors (Lipinski definition) is 1. The number of pyridine rings is 1. The molecule has 0 amide bonds. The number of hydrogen-bond acceptors (Lipinski definition) is 3. The van der Waals surface area contributed by atoms with Gasteiger partial charge in [-0.2, -0.15) is 0 Å². The molecule has 3 aromatic rings. The summed E-state index contributed by atoms with van der Waals surface area (Å²) < 4.78 is 0. The van der Waals surface area contributed by atoms with Gasteiger partial charge in [0.2, 0.25) is 0 Å². The minimum atomic E-state index is -0.882. The number of fused-ring (bicyclic) bond motifs is 1. The van der Waals surface area contributed by atoms with Crippen LogP contribution in [0.2, 0.25) is 0 Å². The molecular weight excluding hydrogens is 258 g/mol. The maximum atomic E-state index is 11.1. The predicted molar refractivity (Wildman–Crippen MR) is 76.8 cm³/mol. The molecule has 94 valence electrons. The first-order valence-electron chi connectivity index (χ1n) is 5.84. The van der Waals surface area contributed by atoms with Gasteiger partial charge in [-0.05, 0) is 24.6 Å². The number of thiophene rings is 1. The van der Waals surface area contributed by atoms with Crippen LogP contribution < -0.4 is 0 Å². The number of carbonyl (C=O) groups is 1. The molecule has 2 heterocycles. The summed E-state index contributed by atoms with van der Waals surface area (Å²) in [6.07, 6.45) is 1.76. The van der Waals surface area contributed by atoms with Crippen LogP contribution in [0.5, 0.6) is 0 Å². The van der Waals surface area contributed by atoms with Crippen LogP contribution in [0.25, 0.3) is 21.3 Å². The molecule has 0 fully saturated rings. The van der Waals surface area contributed by atoms with E-state index in [1.54, 1.807) is 12.3 Å². The zero-order valence-electron chi connectivity index (χ0n) is 10.3. The van der Waals surface area contributed by atoms with E-state index in [1.807, 2.05) is 37.3 Å². The summed E-state index contributed by atoms with van der Waals surface area (Å²) in [7, 11) is 0. The second-order valence-corrected chi connectivity index (χ2v) is 5.36. The lowest BCUT2D eigenvalue weighted by molar-refractivity contribution is 0.0702. The van der Waals surface area contributed by atoms with Crippen molar-refractivity contribution in [1.82, 2.24) is 4.98 Å². The summed E-state index contributed by atoms with van der Waals surface area (Å²) in [5, 5.41) is 10.1. The number of nitrogens with zero attached hydrogens (tertiary/aromatic N) is 1. The van der Waals surface area contributed by atoms with E-state index in [9.17, 15) is 4.79 Å². The molecule has 0 saturated carbocycles. The molecule has 2 aromatic heterocycles. The fourth-order valence-corrected chi connectivity index (χ4v) is 3.18. The van der Waals surface area contributed by atoms with Gasteiger partial charge in [-0.15, -0.1) is 11.3 Å². The van der Waals surface area contributed by atoms with Crippen molar-refractivity contribution in [2.75, 3.05) is 0 Å². The third-order valence-electron chi connectivity index (χ3n) is 3.01. The van der Waals surface area contributed by atoms with Crippen LogP contribution in [0.3, 0.4) is 0 Å². The summed E-state index contributed by atoms with van der Waals surface area (Å²) in [4.78, 5) is 16.8. The monoisotopic (exact) mass is 269 g/mol. The fourth-order valence-electron chi connectivity index (χ4n) is 2.14. The molecule has 4 heteroatoms. The first-order valence-corrected chi connectivity index (χ1v) is 6.66. The zero-order valence-corrected chi connectivity index (χ0v) is 11.1. The lowest BCUT2D eigenvalue weighted by Crippen LogP contribution is -1.89. The van der Waals surface area contributed by atoms with Crippen molar-refractivity contribution < 1.29 is 9.90 Å². The number of para-hydroxylation sites is 1. The molecule has 1 N–H and O–H groups in total. The number of carboxylic acids is 1. The molecule has 3 nitrogen and oxygen atoms in total. The van der Waals surface area contributed by atoms with Crippen LogP contribution in [0.4, 0.5) is 0 Å². The van der Waals surface area contributed by atoms with Gasteiger partial charge in [-0.25, -0.2) is 4.79 Å². The number of carboxylic acid groups (broad SMARTS) is 1. The second kappa shape index (κ2) is 4.48. The van der Waals surface area contributed by atoms with Gasteiger partial charge >= 0.3 is 5.97 Å². The van der Waals surface area contributed by atoms with Gasteiger partial charge in [0.1, 0.15) is 4.88 Å². The Morgan fingerprint density at radius 3 is 2.79 bits per heavy atom. The van der Waals surface area contributed by atoms with E-state index >= 15 is 0 Å². The summed E-state index contributed by atoms with van der Waals surface area (Å²) in [6, 6.07) is 11.6. The molecule has 1 aromatic carbocycles. The normalized spacial score (nSPS) is 10.8. The van der Waals surface area contributed by atoms with E-state index in [-0.39, 0.29) is 0 Å². The maximum Gasteiger partial charge on any atom is 0.345 e. The van der Waals surface area contributed by atoms with Crippen LogP contribution in [-0.2, 0) is 0 Å². The van der Waals surface area contributed by atoms with Crippen molar-refractivity contribution in [2.45, 2.75) is 6.92 Å². The summed E-state index contributed by atoms with van der Waals surface area (Å²) in [5.41, 5.74) is 2.88. The molecule has 0 unspecified atom stereocenters. The van der Waals surface area contributed by atoms with Gasteiger partial charge in [-0.1, -0.05) is 24.3 Å². The molecule has 0 saturated heterocycles. The molecule has 0 spiro atoms. The Hall–Kier alpha value is -2.20. The van der Waals surface area contributed by atoms with Gasteiger partial charge in [0.05, 0.1) is 5.52 Å². The van der Waals surface area contributed by atoms with E-state index in [1.165, 1.54) is 11.3 Å². The van der Waals surface area contributed by atoms with E-state index in [4.69, 9.17) is 5.11 Å². The third kappa shape index (κ3) is 2.00. The highest BCUT2D eigenvalue weighted by molar-refractivity contribution is 7.17. The number of aromatic nitrogens is 1. The Morgan fingerprint density at radius 2 is 2.05 bits per heavy atom. The summed E-state index contributed by atoms with van der Waals surface area (Å²) in [5.74, 6) is -0.882. The Bertz CT molecular complexity index is 771. The lowest BCUT2D eigenvalue weighted by atomic mass is 10.1. The number of rotatable bonds is 2. The highest BCUT2D eigenvalue weighted by Crippen LogP contribution is 2.35. The SMILES string of the molecule is Cc1cc(C(=O)O)sc1-c1cccc2cccnc12. The van der Waals surface area contributed by atoms with Gasteiger partial charge < -0.3 is 5.11 Å². The van der Waals surface area contributed by atoms with E-state index < -0.39 is 5.97 Å². The fraction of sp³-hybridized carbons (Fsp3) is 0.0667. The first-order chi connectivity index (χ1) is 9.16.